The zero-order valence-corrected chi connectivity index (χ0v) is 8.54. The number of alkyl halides is 1. The molecule has 0 spiro atoms. The van der Waals surface area contributed by atoms with E-state index in [1.54, 1.807) is 6.92 Å². The molecule has 3 heteroatoms. The van der Waals surface area contributed by atoms with Crippen LogP contribution in [0.2, 0.25) is 0 Å². The highest BCUT2D eigenvalue weighted by Crippen LogP contribution is 2.22. The highest BCUT2D eigenvalue weighted by molar-refractivity contribution is 6.21. The van der Waals surface area contributed by atoms with Crippen LogP contribution in [-0.2, 0) is 4.74 Å². The monoisotopic (exact) mass is 200 g/mol. The third-order valence-corrected chi connectivity index (χ3v) is 1.63. The Kier molecular flexibility index (Phi) is 3.58. The lowest BCUT2D eigenvalue weighted by Crippen LogP contribution is -2.28. The van der Waals surface area contributed by atoms with Gasteiger partial charge in [0, 0.05) is 13.5 Å². The Balaban J connectivity index is 2.58. The summed E-state index contributed by atoms with van der Waals surface area (Å²) in [4.78, 5) is 0. The SMILES string of the molecule is CCOC(C)(Cl)Oc1ccccc1. The van der Waals surface area contributed by atoms with Gasteiger partial charge in [0.05, 0.1) is 0 Å². The molecule has 0 amide bonds. The predicted octanol–water partition coefficient (Wildman–Crippen LogP) is 3.01. The second kappa shape index (κ2) is 4.49. The van der Waals surface area contributed by atoms with Gasteiger partial charge in [-0.1, -0.05) is 18.2 Å². The minimum Gasteiger partial charge on any atom is -0.449 e. The van der Waals surface area contributed by atoms with E-state index in [-0.39, 0.29) is 0 Å². The number of halogens is 1. The van der Waals surface area contributed by atoms with E-state index < -0.39 is 5.25 Å². The number of rotatable bonds is 4. The highest BCUT2D eigenvalue weighted by atomic mass is 35.5. The maximum Gasteiger partial charge on any atom is 0.287 e. The molecule has 1 aromatic rings. The van der Waals surface area contributed by atoms with Gasteiger partial charge in [0.2, 0.25) is 0 Å². The minimum atomic E-state index is -1.07. The van der Waals surface area contributed by atoms with Gasteiger partial charge in [-0.3, -0.25) is 0 Å². The fourth-order valence-corrected chi connectivity index (χ4v) is 1.18. The largest absolute Gasteiger partial charge is 0.449 e. The highest BCUT2D eigenvalue weighted by Gasteiger charge is 2.22. The van der Waals surface area contributed by atoms with Crippen LogP contribution in [0.1, 0.15) is 13.8 Å². The summed E-state index contributed by atoms with van der Waals surface area (Å²) in [7, 11) is 0. The molecule has 0 aliphatic carbocycles. The molecule has 0 bridgehead atoms. The first-order chi connectivity index (χ1) is 6.14. The molecule has 13 heavy (non-hydrogen) atoms. The van der Waals surface area contributed by atoms with Gasteiger partial charge in [0.15, 0.2) is 0 Å². The molecular formula is C10H13ClO2. The number of ether oxygens (including phenoxy) is 2. The summed E-state index contributed by atoms with van der Waals surface area (Å²) < 4.78 is 10.6. The minimum absolute atomic E-state index is 0.521. The second-order valence-electron chi connectivity index (χ2n) is 2.68. The zero-order chi connectivity index (χ0) is 9.73. The Morgan fingerprint density at radius 3 is 2.46 bits per heavy atom. The van der Waals surface area contributed by atoms with Gasteiger partial charge in [0.25, 0.3) is 5.25 Å². The molecule has 0 saturated carbocycles. The summed E-state index contributed by atoms with van der Waals surface area (Å²) in [5.41, 5.74) is 0. The molecule has 1 atom stereocenters. The molecular weight excluding hydrogens is 188 g/mol. The van der Waals surface area contributed by atoms with Crippen LogP contribution >= 0.6 is 11.6 Å². The number of hydrogen-bond acceptors (Lipinski definition) is 2. The smallest absolute Gasteiger partial charge is 0.287 e. The molecule has 0 saturated heterocycles. The number of benzene rings is 1. The van der Waals surface area contributed by atoms with Crippen LogP contribution in [0, 0.1) is 0 Å². The third kappa shape index (κ3) is 3.66. The van der Waals surface area contributed by atoms with Gasteiger partial charge in [-0.2, -0.15) is 0 Å². The summed E-state index contributed by atoms with van der Waals surface area (Å²) in [5, 5.41) is -1.07. The quantitative estimate of drug-likeness (QED) is 0.550. The predicted molar refractivity (Wildman–Crippen MR) is 53.0 cm³/mol. The van der Waals surface area contributed by atoms with Crippen molar-refractivity contribution in [1.82, 2.24) is 0 Å². The van der Waals surface area contributed by atoms with Crippen LogP contribution in [0.25, 0.3) is 0 Å². The van der Waals surface area contributed by atoms with E-state index in [0.29, 0.717) is 12.4 Å². The molecule has 0 fully saturated rings. The first-order valence-electron chi connectivity index (χ1n) is 4.21. The molecule has 2 nitrogen and oxygen atoms in total. The van der Waals surface area contributed by atoms with Crippen molar-refractivity contribution in [3.63, 3.8) is 0 Å². The fraction of sp³-hybridized carbons (Fsp3) is 0.400. The molecule has 0 aliphatic rings. The van der Waals surface area contributed by atoms with Crippen molar-refractivity contribution >= 4 is 11.6 Å². The van der Waals surface area contributed by atoms with Crippen molar-refractivity contribution in [2.75, 3.05) is 6.61 Å². The lowest BCUT2D eigenvalue weighted by atomic mass is 10.3. The molecule has 72 valence electrons. The molecule has 0 aliphatic heterocycles. The third-order valence-electron chi connectivity index (χ3n) is 1.45. The van der Waals surface area contributed by atoms with Crippen LogP contribution in [0.15, 0.2) is 30.3 Å². The normalized spacial score (nSPS) is 15.0. The Hall–Kier alpha value is -0.730. The van der Waals surface area contributed by atoms with Crippen molar-refractivity contribution in [2.45, 2.75) is 19.1 Å². The van der Waals surface area contributed by atoms with Gasteiger partial charge in [-0.05, 0) is 30.7 Å². The fourth-order valence-electron chi connectivity index (χ4n) is 0.986. The van der Waals surface area contributed by atoms with Crippen molar-refractivity contribution in [2.24, 2.45) is 0 Å². The zero-order valence-electron chi connectivity index (χ0n) is 7.79. The first kappa shape index (κ1) is 10.4. The summed E-state index contributed by atoms with van der Waals surface area (Å²) in [6, 6.07) is 9.35. The maximum atomic E-state index is 5.93. The lowest BCUT2D eigenvalue weighted by Gasteiger charge is -2.22. The van der Waals surface area contributed by atoms with Crippen molar-refractivity contribution in [3.05, 3.63) is 30.3 Å². The summed E-state index contributed by atoms with van der Waals surface area (Å²) in [6.45, 7) is 4.06. The Morgan fingerprint density at radius 1 is 1.31 bits per heavy atom. The standard InChI is InChI=1S/C10H13ClO2/c1-3-12-10(2,11)13-9-7-5-4-6-8-9/h4-8H,3H2,1-2H3. The van der Waals surface area contributed by atoms with E-state index in [9.17, 15) is 0 Å². The van der Waals surface area contributed by atoms with Gasteiger partial charge in [0.1, 0.15) is 5.75 Å². The molecule has 1 unspecified atom stereocenters. The van der Waals surface area contributed by atoms with Crippen molar-refractivity contribution in [1.29, 1.82) is 0 Å². The van der Waals surface area contributed by atoms with Crippen molar-refractivity contribution in [3.8, 4) is 5.75 Å². The maximum absolute atomic E-state index is 5.93. The summed E-state index contributed by atoms with van der Waals surface area (Å²) in [6.07, 6.45) is 0. The van der Waals surface area contributed by atoms with Gasteiger partial charge in [-0.25, -0.2) is 0 Å². The molecule has 1 aromatic carbocycles. The van der Waals surface area contributed by atoms with E-state index in [1.165, 1.54) is 0 Å². The average Bonchev–Trinajstić information content (AvgIpc) is 2.04. The Morgan fingerprint density at radius 2 is 1.92 bits per heavy atom. The van der Waals surface area contributed by atoms with E-state index in [2.05, 4.69) is 0 Å². The Labute approximate surface area is 83.4 Å². The van der Waals surface area contributed by atoms with Crippen LogP contribution in [-0.4, -0.2) is 11.9 Å². The van der Waals surface area contributed by atoms with E-state index >= 15 is 0 Å². The summed E-state index contributed by atoms with van der Waals surface area (Å²) in [5.74, 6) is 0.702. The van der Waals surface area contributed by atoms with Crippen LogP contribution < -0.4 is 4.74 Å². The summed E-state index contributed by atoms with van der Waals surface area (Å²) >= 11 is 5.93. The van der Waals surface area contributed by atoms with E-state index in [0.717, 1.165) is 0 Å². The Bertz CT molecular complexity index is 246. The molecule has 1 rings (SSSR count). The number of hydrogen-bond donors (Lipinski definition) is 0. The van der Waals surface area contributed by atoms with E-state index in [1.807, 2.05) is 37.3 Å². The van der Waals surface area contributed by atoms with Gasteiger partial charge >= 0.3 is 0 Å². The van der Waals surface area contributed by atoms with Crippen LogP contribution in [0.5, 0.6) is 5.75 Å². The number of para-hydroxylation sites is 1. The van der Waals surface area contributed by atoms with Gasteiger partial charge in [-0.15, -0.1) is 0 Å². The van der Waals surface area contributed by atoms with Crippen LogP contribution in [0.4, 0.5) is 0 Å². The first-order valence-corrected chi connectivity index (χ1v) is 4.59. The molecule has 0 N–H and O–H groups in total. The molecule has 0 aromatic heterocycles. The van der Waals surface area contributed by atoms with Gasteiger partial charge < -0.3 is 9.47 Å². The molecule has 0 radical (unpaired) electrons. The van der Waals surface area contributed by atoms with Crippen LogP contribution in [0.3, 0.4) is 0 Å². The second-order valence-corrected chi connectivity index (χ2v) is 3.37. The van der Waals surface area contributed by atoms with E-state index in [4.69, 9.17) is 21.1 Å². The topological polar surface area (TPSA) is 18.5 Å². The average molecular weight is 201 g/mol. The van der Waals surface area contributed by atoms with Crippen molar-refractivity contribution < 1.29 is 9.47 Å². The lowest BCUT2D eigenvalue weighted by molar-refractivity contribution is -0.0996. The molecule has 0 heterocycles.